The molecule has 0 radical (unpaired) electrons. The zero-order chi connectivity index (χ0) is 13.3. The number of carbonyl (C=O) groups is 2. The van der Waals surface area contributed by atoms with Gasteiger partial charge < -0.3 is 15.6 Å². The molecule has 1 fully saturated rings. The number of carbonyl (C=O) groups excluding carboxylic acids is 1. The van der Waals surface area contributed by atoms with Gasteiger partial charge in [-0.05, 0) is 5.57 Å². The number of aliphatic carboxylic acids is 1. The number of fused-ring (bicyclic) bond motifs is 1. The third-order valence-corrected chi connectivity index (χ3v) is 4.16. The number of ether oxygens (including phenoxy) is 1. The molecule has 2 heterocycles. The summed E-state index contributed by atoms with van der Waals surface area (Å²) >= 11 is 1.47. The van der Waals surface area contributed by atoms with Crippen LogP contribution in [0.5, 0.6) is 0 Å². The number of hydrogen-bond donors (Lipinski definition) is 2. The fourth-order valence-electron chi connectivity index (χ4n) is 1.96. The first kappa shape index (κ1) is 13.1. The van der Waals surface area contributed by atoms with Gasteiger partial charge in [0, 0.05) is 5.75 Å². The van der Waals surface area contributed by atoms with E-state index in [9.17, 15) is 14.7 Å². The smallest absolute Gasteiger partial charge is 0.352 e. The van der Waals surface area contributed by atoms with Gasteiger partial charge in [-0.1, -0.05) is 6.08 Å². The van der Waals surface area contributed by atoms with Crippen LogP contribution < -0.4 is 5.73 Å². The van der Waals surface area contributed by atoms with E-state index in [0.717, 1.165) is 0 Å². The number of amides is 1. The van der Waals surface area contributed by atoms with E-state index < -0.39 is 12.0 Å². The average molecular weight is 270 g/mol. The molecule has 0 saturated carbocycles. The van der Waals surface area contributed by atoms with E-state index in [0.29, 0.717) is 17.9 Å². The first-order chi connectivity index (χ1) is 8.57. The Kier molecular flexibility index (Phi) is 3.74. The van der Waals surface area contributed by atoms with Crippen LogP contribution in [0.15, 0.2) is 23.9 Å². The molecule has 0 bridgehead atoms. The van der Waals surface area contributed by atoms with E-state index in [-0.39, 0.29) is 23.6 Å². The van der Waals surface area contributed by atoms with Gasteiger partial charge in [0.05, 0.1) is 13.2 Å². The lowest BCUT2D eigenvalue weighted by Crippen LogP contribution is -2.68. The van der Waals surface area contributed by atoms with Crippen molar-refractivity contribution in [2.45, 2.75) is 11.4 Å². The molecule has 0 aromatic carbocycles. The van der Waals surface area contributed by atoms with Gasteiger partial charge in [0.1, 0.15) is 17.1 Å². The zero-order valence-corrected chi connectivity index (χ0v) is 10.5. The lowest BCUT2D eigenvalue weighted by molar-refractivity contribution is -0.148. The van der Waals surface area contributed by atoms with Crippen LogP contribution in [-0.2, 0) is 14.3 Å². The molecule has 2 aliphatic heterocycles. The number of nitrogens with zero attached hydrogens (tertiary/aromatic N) is 1. The second kappa shape index (κ2) is 5.13. The maximum Gasteiger partial charge on any atom is 0.352 e. The van der Waals surface area contributed by atoms with Gasteiger partial charge in [0.15, 0.2) is 0 Å². The molecular weight excluding hydrogens is 256 g/mol. The molecule has 0 spiro atoms. The Balaban J connectivity index is 2.20. The molecule has 7 heteroatoms. The van der Waals surface area contributed by atoms with E-state index >= 15 is 0 Å². The first-order valence-corrected chi connectivity index (χ1v) is 6.47. The van der Waals surface area contributed by atoms with Crippen molar-refractivity contribution >= 4 is 23.6 Å². The SMILES string of the molecule is C=CCOCC1=C(C(=O)O)N2C(=O)C(N)[C@H]2SC1. The molecule has 1 amide bonds. The van der Waals surface area contributed by atoms with E-state index in [2.05, 4.69) is 6.58 Å². The van der Waals surface area contributed by atoms with Crippen molar-refractivity contribution in [3.8, 4) is 0 Å². The summed E-state index contributed by atoms with van der Waals surface area (Å²) in [6.07, 6.45) is 1.59. The topological polar surface area (TPSA) is 92.9 Å². The van der Waals surface area contributed by atoms with Gasteiger partial charge in [0.2, 0.25) is 5.91 Å². The van der Waals surface area contributed by atoms with Crippen molar-refractivity contribution in [3.63, 3.8) is 0 Å². The maximum absolute atomic E-state index is 11.6. The lowest BCUT2D eigenvalue weighted by atomic mass is 10.0. The highest BCUT2D eigenvalue weighted by atomic mass is 32.2. The highest BCUT2D eigenvalue weighted by Gasteiger charge is 2.51. The summed E-state index contributed by atoms with van der Waals surface area (Å²) in [5.74, 6) is -0.940. The Bertz CT molecular complexity index is 435. The minimum Gasteiger partial charge on any atom is -0.477 e. The number of rotatable bonds is 5. The molecule has 0 aromatic heterocycles. The summed E-state index contributed by atoms with van der Waals surface area (Å²) in [7, 11) is 0. The summed E-state index contributed by atoms with van der Waals surface area (Å²) in [5, 5.41) is 8.96. The Morgan fingerprint density at radius 3 is 3.06 bits per heavy atom. The van der Waals surface area contributed by atoms with Gasteiger partial charge in [-0.25, -0.2) is 4.79 Å². The van der Waals surface area contributed by atoms with Crippen molar-refractivity contribution < 1.29 is 19.4 Å². The minimum absolute atomic E-state index is 0.0227. The molecule has 0 aliphatic carbocycles. The number of β-lactam (4-membered cyclic amide) rings is 1. The highest BCUT2D eigenvalue weighted by Crippen LogP contribution is 2.39. The summed E-state index contributed by atoms with van der Waals surface area (Å²) in [4.78, 5) is 24.1. The molecule has 6 nitrogen and oxygen atoms in total. The predicted molar refractivity (Wildman–Crippen MR) is 66.7 cm³/mol. The fourth-order valence-corrected chi connectivity index (χ4v) is 3.23. The van der Waals surface area contributed by atoms with Crippen LogP contribution >= 0.6 is 11.8 Å². The molecular formula is C11H14N2O4S. The van der Waals surface area contributed by atoms with Crippen molar-refractivity contribution in [3.05, 3.63) is 23.9 Å². The van der Waals surface area contributed by atoms with Crippen LogP contribution in [0.4, 0.5) is 0 Å². The standard InChI is InChI=1S/C11H14N2O4S/c1-2-3-17-4-6-5-18-10-7(12)9(14)13(10)8(6)11(15)16/h2,7,10H,1,3-5,12H2,(H,15,16)/t7?,10-/m1/s1. The number of nitrogens with two attached hydrogens (primary N) is 1. The Morgan fingerprint density at radius 1 is 1.72 bits per heavy atom. The molecule has 0 aromatic rings. The largest absolute Gasteiger partial charge is 0.477 e. The Hall–Kier alpha value is -1.31. The van der Waals surface area contributed by atoms with E-state index in [1.54, 1.807) is 6.08 Å². The van der Waals surface area contributed by atoms with Gasteiger partial charge in [-0.15, -0.1) is 18.3 Å². The van der Waals surface area contributed by atoms with Gasteiger partial charge in [-0.2, -0.15) is 0 Å². The number of carboxylic acids is 1. The predicted octanol–water partition coefficient (Wildman–Crippen LogP) is -0.230. The van der Waals surface area contributed by atoms with E-state index in [4.69, 9.17) is 10.5 Å². The van der Waals surface area contributed by atoms with Crippen molar-refractivity contribution in [1.29, 1.82) is 0 Å². The molecule has 2 atom stereocenters. The van der Waals surface area contributed by atoms with Gasteiger partial charge >= 0.3 is 5.97 Å². The van der Waals surface area contributed by atoms with Crippen LogP contribution in [0, 0.1) is 0 Å². The number of carboxylic acid groups (broad SMARTS) is 1. The second-order valence-corrected chi connectivity index (χ2v) is 5.10. The molecule has 3 N–H and O–H groups in total. The van der Waals surface area contributed by atoms with Crippen LogP contribution in [-0.4, -0.2) is 52.3 Å². The zero-order valence-electron chi connectivity index (χ0n) is 9.67. The van der Waals surface area contributed by atoms with E-state index in [1.165, 1.54) is 16.7 Å². The minimum atomic E-state index is -1.11. The van der Waals surface area contributed by atoms with Crippen molar-refractivity contribution in [2.75, 3.05) is 19.0 Å². The van der Waals surface area contributed by atoms with Crippen LogP contribution in [0.1, 0.15) is 0 Å². The first-order valence-electron chi connectivity index (χ1n) is 5.42. The van der Waals surface area contributed by atoms with Gasteiger partial charge in [-0.3, -0.25) is 9.69 Å². The number of thioether (sulfide) groups is 1. The van der Waals surface area contributed by atoms with Crippen LogP contribution in [0.3, 0.4) is 0 Å². The Morgan fingerprint density at radius 2 is 2.44 bits per heavy atom. The third kappa shape index (κ3) is 2.05. The second-order valence-electron chi connectivity index (χ2n) is 4.00. The quantitative estimate of drug-likeness (QED) is 0.407. The van der Waals surface area contributed by atoms with E-state index in [1.807, 2.05) is 0 Å². The van der Waals surface area contributed by atoms with Crippen molar-refractivity contribution in [1.82, 2.24) is 4.90 Å². The highest BCUT2D eigenvalue weighted by molar-refractivity contribution is 8.00. The van der Waals surface area contributed by atoms with Crippen LogP contribution in [0.25, 0.3) is 0 Å². The van der Waals surface area contributed by atoms with Crippen LogP contribution in [0.2, 0.25) is 0 Å². The number of hydrogen-bond acceptors (Lipinski definition) is 5. The molecule has 2 aliphatic rings. The normalized spacial score (nSPS) is 26.7. The summed E-state index contributed by atoms with van der Waals surface area (Å²) in [6, 6.07) is -0.597. The molecule has 2 rings (SSSR count). The molecule has 18 heavy (non-hydrogen) atoms. The fraction of sp³-hybridized carbons (Fsp3) is 0.455. The Labute approximate surface area is 108 Å². The average Bonchev–Trinajstić information content (AvgIpc) is 2.37. The summed E-state index contributed by atoms with van der Waals surface area (Å²) in [5.41, 5.74) is 6.26. The lowest BCUT2D eigenvalue weighted by Gasteiger charge is -2.47. The molecule has 1 saturated heterocycles. The monoisotopic (exact) mass is 270 g/mol. The molecule has 98 valence electrons. The van der Waals surface area contributed by atoms with Crippen molar-refractivity contribution in [2.24, 2.45) is 5.73 Å². The summed E-state index contributed by atoms with van der Waals surface area (Å²) in [6.45, 7) is 4.05. The third-order valence-electron chi connectivity index (χ3n) is 2.80. The maximum atomic E-state index is 11.6. The molecule has 1 unspecified atom stereocenters. The summed E-state index contributed by atoms with van der Waals surface area (Å²) < 4.78 is 5.25. The van der Waals surface area contributed by atoms with Gasteiger partial charge in [0.25, 0.3) is 0 Å².